The van der Waals surface area contributed by atoms with Crippen LogP contribution in [0.15, 0.2) is 30.1 Å². The molecule has 1 aromatic rings. The largest absolute Gasteiger partial charge is 0.394 e. The molecular weight excluding hydrogens is 270 g/mol. The van der Waals surface area contributed by atoms with Crippen LogP contribution in [0.4, 0.5) is 0 Å². The van der Waals surface area contributed by atoms with Crippen LogP contribution in [0, 0.1) is 0 Å². The minimum Gasteiger partial charge on any atom is -0.394 e. The molecule has 2 heterocycles. The summed E-state index contributed by atoms with van der Waals surface area (Å²) in [7, 11) is 1.87. The van der Waals surface area contributed by atoms with Crippen LogP contribution in [0.25, 0.3) is 0 Å². The van der Waals surface area contributed by atoms with Gasteiger partial charge in [-0.15, -0.1) is 0 Å². The minimum absolute atomic E-state index is 0.228. The number of fused-ring (bicyclic) bond motifs is 1. The van der Waals surface area contributed by atoms with E-state index in [1.165, 1.54) is 5.57 Å². The maximum Gasteiger partial charge on any atom is 0.295 e. The second kappa shape index (κ2) is 6.45. The lowest BCUT2D eigenvalue weighted by Gasteiger charge is -2.31. The van der Waals surface area contributed by atoms with Gasteiger partial charge in [0.25, 0.3) is 5.91 Å². The van der Waals surface area contributed by atoms with Crippen LogP contribution >= 0.6 is 0 Å². The maximum absolute atomic E-state index is 11.4. The molecule has 0 spiro atoms. The van der Waals surface area contributed by atoms with Crippen molar-refractivity contribution in [1.29, 1.82) is 0 Å². The van der Waals surface area contributed by atoms with Crippen molar-refractivity contribution in [3.05, 3.63) is 41.5 Å². The van der Waals surface area contributed by atoms with E-state index in [1.54, 1.807) is 16.2 Å². The average Bonchev–Trinajstić information content (AvgIpc) is 2.89. The Morgan fingerprint density at radius 2 is 2.33 bits per heavy atom. The number of hydroxylamine groups is 1. The Balaban J connectivity index is 2.05. The Labute approximate surface area is 123 Å². The van der Waals surface area contributed by atoms with Crippen molar-refractivity contribution in [1.82, 2.24) is 25.5 Å². The molecule has 0 saturated heterocycles. The van der Waals surface area contributed by atoms with Crippen LogP contribution in [0.3, 0.4) is 0 Å². The highest BCUT2D eigenvalue weighted by Crippen LogP contribution is 2.20. The zero-order valence-corrected chi connectivity index (χ0v) is 12.4. The zero-order chi connectivity index (χ0) is 15.4. The lowest BCUT2D eigenvalue weighted by atomic mass is 10.1. The molecule has 0 radical (unpaired) electrons. The van der Waals surface area contributed by atoms with Crippen LogP contribution in [0.2, 0.25) is 0 Å². The standard InChI is InChI=1S/C14H21N5O2/c1-10(8-15-3)6-11(2)18-4-5-19-12(9-18)7-13(16-19)14(20)17-21/h7-8,15,21H,2,4-6,9H2,1,3H3,(H,17,20)/b10-8+. The molecule has 0 fully saturated rings. The van der Waals surface area contributed by atoms with E-state index in [1.807, 2.05) is 13.2 Å². The summed E-state index contributed by atoms with van der Waals surface area (Å²) >= 11 is 0. The van der Waals surface area contributed by atoms with E-state index in [9.17, 15) is 4.79 Å². The molecule has 7 heteroatoms. The summed E-state index contributed by atoms with van der Waals surface area (Å²) in [6.45, 7) is 8.36. The fourth-order valence-electron chi connectivity index (χ4n) is 2.44. The fraction of sp³-hybridized carbons (Fsp3) is 0.429. The van der Waals surface area contributed by atoms with Gasteiger partial charge in [-0.2, -0.15) is 5.10 Å². The fourth-order valence-corrected chi connectivity index (χ4v) is 2.44. The van der Waals surface area contributed by atoms with Crippen LogP contribution in [-0.2, 0) is 13.1 Å². The first kappa shape index (κ1) is 15.1. The molecule has 0 unspecified atom stereocenters. The molecule has 1 aromatic heterocycles. The third kappa shape index (κ3) is 3.43. The van der Waals surface area contributed by atoms with E-state index in [4.69, 9.17) is 5.21 Å². The lowest BCUT2D eigenvalue weighted by molar-refractivity contribution is 0.0699. The number of hydrogen-bond donors (Lipinski definition) is 3. The number of aromatic nitrogens is 2. The Bertz CT molecular complexity index is 576. The molecular formula is C14H21N5O2. The van der Waals surface area contributed by atoms with Crippen molar-refractivity contribution >= 4 is 5.91 Å². The molecule has 3 N–H and O–H groups in total. The van der Waals surface area contributed by atoms with Crippen molar-refractivity contribution in [3.8, 4) is 0 Å². The third-order valence-corrected chi connectivity index (χ3v) is 3.45. The van der Waals surface area contributed by atoms with Gasteiger partial charge in [-0.1, -0.05) is 12.2 Å². The summed E-state index contributed by atoms with van der Waals surface area (Å²) in [6, 6.07) is 1.70. The van der Waals surface area contributed by atoms with Crippen molar-refractivity contribution in [2.24, 2.45) is 0 Å². The van der Waals surface area contributed by atoms with Crippen LogP contribution in [-0.4, -0.2) is 39.4 Å². The summed E-state index contributed by atoms with van der Waals surface area (Å²) in [6.07, 6.45) is 2.77. The molecule has 0 aliphatic carbocycles. The van der Waals surface area contributed by atoms with Crippen molar-refractivity contribution in [3.63, 3.8) is 0 Å². The lowest BCUT2D eigenvalue weighted by Crippen LogP contribution is -2.33. The predicted octanol–water partition coefficient (Wildman–Crippen LogP) is 0.845. The summed E-state index contributed by atoms with van der Waals surface area (Å²) in [5.74, 6) is -0.588. The highest BCUT2D eigenvalue weighted by atomic mass is 16.5. The van der Waals surface area contributed by atoms with Gasteiger partial charge < -0.3 is 10.2 Å². The molecule has 7 nitrogen and oxygen atoms in total. The van der Waals surface area contributed by atoms with Gasteiger partial charge in [0, 0.05) is 25.7 Å². The van der Waals surface area contributed by atoms with Crippen molar-refractivity contribution < 1.29 is 10.0 Å². The number of carbonyl (C=O) groups is 1. The second-order valence-corrected chi connectivity index (χ2v) is 5.13. The van der Waals surface area contributed by atoms with E-state index >= 15 is 0 Å². The first-order chi connectivity index (χ1) is 10.0. The van der Waals surface area contributed by atoms with Gasteiger partial charge in [-0.3, -0.25) is 14.7 Å². The summed E-state index contributed by atoms with van der Waals surface area (Å²) < 4.78 is 1.80. The number of nitrogens with one attached hydrogen (secondary N) is 2. The van der Waals surface area contributed by atoms with E-state index in [0.29, 0.717) is 13.1 Å². The van der Waals surface area contributed by atoms with Gasteiger partial charge in [0.2, 0.25) is 0 Å². The average molecular weight is 291 g/mol. The second-order valence-electron chi connectivity index (χ2n) is 5.13. The van der Waals surface area contributed by atoms with Gasteiger partial charge in [0.05, 0.1) is 18.8 Å². The Kier molecular flexibility index (Phi) is 4.64. The van der Waals surface area contributed by atoms with E-state index in [-0.39, 0.29) is 5.69 Å². The Morgan fingerprint density at radius 3 is 3.00 bits per heavy atom. The van der Waals surface area contributed by atoms with Gasteiger partial charge in [-0.25, -0.2) is 5.48 Å². The Hall–Kier alpha value is -2.28. The monoisotopic (exact) mass is 291 g/mol. The molecule has 1 aliphatic rings. The van der Waals surface area contributed by atoms with Gasteiger partial charge in [0.1, 0.15) is 0 Å². The summed E-state index contributed by atoms with van der Waals surface area (Å²) in [4.78, 5) is 13.6. The quantitative estimate of drug-likeness (QED) is 0.553. The van der Waals surface area contributed by atoms with E-state index in [0.717, 1.165) is 24.4 Å². The van der Waals surface area contributed by atoms with Gasteiger partial charge in [-0.05, 0) is 19.2 Å². The predicted molar refractivity (Wildman–Crippen MR) is 78.5 cm³/mol. The molecule has 0 aromatic carbocycles. The third-order valence-electron chi connectivity index (χ3n) is 3.45. The summed E-state index contributed by atoms with van der Waals surface area (Å²) in [5, 5.41) is 15.8. The zero-order valence-electron chi connectivity index (χ0n) is 12.4. The molecule has 1 aliphatic heterocycles. The van der Waals surface area contributed by atoms with Crippen molar-refractivity contribution in [2.45, 2.75) is 26.4 Å². The normalized spacial score (nSPS) is 14.6. The first-order valence-electron chi connectivity index (χ1n) is 6.82. The molecule has 0 bridgehead atoms. The maximum atomic E-state index is 11.4. The van der Waals surface area contributed by atoms with E-state index < -0.39 is 5.91 Å². The minimum atomic E-state index is -0.588. The van der Waals surface area contributed by atoms with Crippen LogP contribution in [0.5, 0.6) is 0 Å². The number of carbonyl (C=O) groups excluding carboxylic acids is 1. The highest BCUT2D eigenvalue weighted by Gasteiger charge is 2.21. The summed E-state index contributed by atoms with van der Waals surface area (Å²) in [5.41, 5.74) is 5.02. The molecule has 2 rings (SSSR count). The number of amides is 1. The molecule has 114 valence electrons. The topological polar surface area (TPSA) is 82.4 Å². The van der Waals surface area contributed by atoms with Gasteiger partial charge in [0.15, 0.2) is 5.69 Å². The van der Waals surface area contributed by atoms with Crippen molar-refractivity contribution in [2.75, 3.05) is 13.6 Å². The molecule has 1 amide bonds. The highest BCUT2D eigenvalue weighted by molar-refractivity contribution is 5.91. The Morgan fingerprint density at radius 1 is 1.57 bits per heavy atom. The molecule has 0 atom stereocenters. The van der Waals surface area contributed by atoms with Gasteiger partial charge >= 0.3 is 0 Å². The number of nitrogens with zero attached hydrogens (tertiary/aromatic N) is 3. The number of allylic oxidation sites excluding steroid dienone is 1. The smallest absolute Gasteiger partial charge is 0.295 e. The SMILES string of the molecule is C=C(C/C(C)=C/NC)N1CCn2nc(C(=O)NO)cc2C1. The molecule has 0 saturated carbocycles. The van der Waals surface area contributed by atoms with Crippen LogP contribution < -0.4 is 10.8 Å². The van der Waals surface area contributed by atoms with Crippen LogP contribution in [0.1, 0.15) is 29.5 Å². The number of rotatable bonds is 5. The van der Waals surface area contributed by atoms with E-state index in [2.05, 4.69) is 28.8 Å². The first-order valence-corrected chi connectivity index (χ1v) is 6.82. The number of hydrogen-bond acceptors (Lipinski definition) is 5. The molecule has 21 heavy (non-hydrogen) atoms.